The summed E-state index contributed by atoms with van der Waals surface area (Å²) in [7, 11) is 0. The molecular formula is C21H17Cl2FN6O. The van der Waals surface area contributed by atoms with Gasteiger partial charge in [-0.15, -0.1) is 0 Å². The van der Waals surface area contributed by atoms with E-state index in [4.69, 9.17) is 23.2 Å². The maximum absolute atomic E-state index is 13.0. The Morgan fingerprint density at radius 2 is 1.97 bits per heavy atom. The first-order chi connectivity index (χ1) is 15.0. The molecule has 10 heteroatoms. The summed E-state index contributed by atoms with van der Waals surface area (Å²) in [4.78, 5) is 22.6. The molecule has 0 radical (unpaired) electrons. The molecule has 0 bridgehead atoms. The summed E-state index contributed by atoms with van der Waals surface area (Å²) in [6, 6.07) is 3.74. The zero-order valence-electron chi connectivity index (χ0n) is 16.3. The highest BCUT2D eigenvalue weighted by molar-refractivity contribution is 6.45. The molecule has 1 N–H and O–H groups in total. The van der Waals surface area contributed by atoms with Gasteiger partial charge in [0.05, 0.1) is 40.7 Å². The molecule has 158 valence electrons. The highest BCUT2D eigenvalue weighted by Gasteiger charge is 2.28. The minimum atomic E-state index is -0.496. The SMILES string of the molecule is O=C(CCc1ncc(F)cn1)N1CCn2c(c(-c3cn[nH]c3)c3ccc(Cl)c(Cl)c32)C1. The number of carbonyl (C=O) groups excluding carboxylic acids is 1. The van der Waals surface area contributed by atoms with Crippen LogP contribution in [-0.2, 0) is 24.3 Å². The molecule has 1 aliphatic rings. The second-order valence-electron chi connectivity index (χ2n) is 7.35. The molecular weight excluding hydrogens is 442 g/mol. The summed E-state index contributed by atoms with van der Waals surface area (Å²) in [5, 5.41) is 8.90. The van der Waals surface area contributed by atoms with Gasteiger partial charge in [0, 0.05) is 54.3 Å². The van der Waals surface area contributed by atoms with Crippen molar-refractivity contribution < 1.29 is 9.18 Å². The van der Waals surface area contributed by atoms with Gasteiger partial charge in [0.15, 0.2) is 5.82 Å². The number of nitrogens with zero attached hydrogens (tertiary/aromatic N) is 5. The summed E-state index contributed by atoms with van der Waals surface area (Å²) >= 11 is 12.9. The van der Waals surface area contributed by atoms with E-state index in [2.05, 4.69) is 24.7 Å². The van der Waals surface area contributed by atoms with Crippen LogP contribution < -0.4 is 0 Å². The monoisotopic (exact) mass is 458 g/mol. The third-order valence-corrected chi connectivity index (χ3v) is 6.33. The quantitative estimate of drug-likeness (QED) is 0.495. The van der Waals surface area contributed by atoms with Crippen LogP contribution in [0.1, 0.15) is 17.9 Å². The normalized spacial score (nSPS) is 13.6. The Balaban J connectivity index is 1.47. The zero-order valence-corrected chi connectivity index (χ0v) is 17.8. The first-order valence-corrected chi connectivity index (χ1v) is 10.5. The lowest BCUT2D eigenvalue weighted by Crippen LogP contribution is -2.38. The molecule has 0 aliphatic carbocycles. The van der Waals surface area contributed by atoms with E-state index in [1.807, 2.05) is 17.2 Å². The second kappa shape index (κ2) is 7.94. The molecule has 0 saturated carbocycles. The number of aryl methyl sites for hydroxylation is 1. The third kappa shape index (κ3) is 3.55. The molecule has 0 fully saturated rings. The number of nitrogens with one attached hydrogen (secondary N) is 1. The molecule has 0 spiro atoms. The van der Waals surface area contributed by atoms with Crippen molar-refractivity contribution in [1.82, 2.24) is 29.6 Å². The molecule has 4 heterocycles. The van der Waals surface area contributed by atoms with Gasteiger partial charge in [-0.25, -0.2) is 14.4 Å². The summed E-state index contributed by atoms with van der Waals surface area (Å²) in [5.41, 5.74) is 3.76. The first kappa shape index (κ1) is 20.0. The van der Waals surface area contributed by atoms with E-state index in [-0.39, 0.29) is 12.3 Å². The molecule has 7 nitrogen and oxygen atoms in total. The largest absolute Gasteiger partial charge is 0.339 e. The van der Waals surface area contributed by atoms with Crippen molar-refractivity contribution >= 4 is 40.0 Å². The van der Waals surface area contributed by atoms with Crippen LogP contribution in [0.4, 0.5) is 4.39 Å². The smallest absolute Gasteiger partial charge is 0.223 e. The van der Waals surface area contributed by atoms with Gasteiger partial charge in [-0.3, -0.25) is 9.89 Å². The number of benzene rings is 1. The molecule has 1 aromatic carbocycles. The number of fused-ring (bicyclic) bond motifs is 3. The topological polar surface area (TPSA) is 79.7 Å². The van der Waals surface area contributed by atoms with Gasteiger partial charge in [-0.2, -0.15) is 5.10 Å². The molecule has 0 atom stereocenters. The van der Waals surface area contributed by atoms with Gasteiger partial charge in [-0.1, -0.05) is 29.3 Å². The fourth-order valence-electron chi connectivity index (χ4n) is 4.09. The highest BCUT2D eigenvalue weighted by Crippen LogP contribution is 2.42. The predicted molar refractivity (Wildman–Crippen MR) is 115 cm³/mol. The molecule has 31 heavy (non-hydrogen) atoms. The molecule has 4 aromatic rings. The van der Waals surface area contributed by atoms with E-state index in [1.54, 1.807) is 12.3 Å². The van der Waals surface area contributed by atoms with Gasteiger partial charge in [0.1, 0.15) is 5.82 Å². The third-order valence-electron chi connectivity index (χ3n) is 5.53. The van der Waals surface area contributed by atoms with Crippen LogP contribution in [0, 0.1) is 5.82 Å². The second-order valence-corrected chi connectivity index (χ2v) is 8.14. The molecule has 0 saturated heterocycles. The maximum Gasteiger partial charge on any atom is 0.223 e. The fourth-order valence-corrected chi connectivity index (χ4v) is 4.51. The maximum atomic E-state index is 13.0. The summed E-state index contributed by atoms with van der Waals surface area (Å²) in [6.07, 6.45) is 6.40. The van der Waals surface area contributed by atoms with Crippen LogP contribution in [0.2, 0.25) is 10.0 Å². The Bertz CT molecular complexity index is 1270. The lowest BCUT2D eigenvalue weighted by molar-refractivity contribution is -0.132. The number of rotatable bonds is 4. The molecule has 3 aromatic heterocycles. The number of halogens is 3. The van der Waals surface area contributed by atoms with E-state index in [0.29, 0.717) is 41.9 Å². The van der Waals surface area contributed by atoms with Gasteiger partial charge in [0.25, 0.3) is 0 Å². The van der Waals surface area contributed by atoms with Gasteiger partial charge < -0.3 is 9.47 Å². The average molecular weight is 459 g/mol. The van der Waals surface area contributed by atoms with Crippen molar-refractivity contribution in [2.45, 2.75) is 25.9 Å². The Hall–Kier alpha value is -2.97. The lowest BCUT2D eigenvalue weighted by atomic mass is 10.0. The average Bonchev–Trinajstić information content (AvgIpc) is 3.41. The Morgan fingerprint density at radius 3 is 2.71 bits per heavy atom. The number of amides is 1. The first-order valence-electron chi connectivity index (χ1n) is 9.75. The minimum absolute atomic E-state index is 0.00768. The van der Waals surface area contributed by atoms with Crippen molar-refractivity contribution in [2.75, 3.05) is 6.54 Å². The Morgan fingerprint density at radius 1 is 1.16 bits per heavy atom. The molecule has 1 aliphatic heterocycles. The van der Waals surface area contributed by atoms with Crippen molar-refractivity contribution in [3.63, 3.8) is 0 Å². The van der Waals surface area contributed by atoms with Crippen molar-refractivity contribution in [1.29, 1.82) is 0 Å². The standard InChI is InChI=1S/C21H17Cl2FN6O/c22-15-2-1-14-19(12-7-27-28-8-12)16-11-29(5-6-30(16)21(14)20(15)23)18(31)4-3-17-25-9-13(24)10-26-17/h1-2,7-10H,3-6,11H2,(H,27,28). The molecule has 5 rings (SSSR count). The van der Waals surface area contributed by atoms with Crippen LogP contribution in [-0.4, -0.2) is 42.1 Å². The van der Waals surface area contributed by atoms with Gasteiger partial charge in [-0.05, 0) is 6.07 Å². The van der Waals surface area contributed by atoms with Crippen LogP contribution in [0.25, 0.3) is 22.0 Å². The van der Waals surface area contributed by atoms with Crippen LogP contribution >= 0.6 is 23.2 Å². The van der Waals surface area contributed by atoms with Crippen molar-refractivity contribution in [3.05, 3.63) is 64.3 Å². The van der Waals surface area contributed by atoms with Crippen LogP contribution in [0.3, 0.4) is 0 Å². The van der Waals surface area contributed by atoms with E-state index in [9.17, 15) is 9.18 Å². The summed E-state index contributed by atoms with van der Waals surface area (Å²) in [6.45, 7) is 1.59. The van der Waals surface area contributed by atoms with Gasteiger partial charge >= 0.3 is 0 Å². The lowest BCUT2D eigenvalue weighted by Gasteiger charge is -2.30. The van der Waals surface area contributed by atoms with Crippen LogP contribution in [0.15, 0.2) is 36.9 Å². The number of H-pyrrole nitrogens is 1. The fraction of sp³-hybridized carbons (Fsp3) is 0.238. The van der Waals surface area contributed by atoms with Crippen molar-refractivity contribution in [3.8, 4) is 11.1 Å². The van der Waals surface area contributed by atoms with E-state index in [0.717, 1.165) is 40.1 Å². The molecule has 1 amide bonds. The number of hydrogen-bond acceptors (Lipinski definition) is 4. The van der Waals surface area contributed by atoms with E-state index >= 15 is 0 Å². The Labute approximate surface area is 186 Å². The number of aromatic nitrogens is 5. The Kier molecular flexibility index (Phi) is 5.11. The number of hydrogen-bond donors (Lipinski definition) is 1. The van der Waals surface area contributed by atoms with Crippen molar-refractivity contribution in [2.24, 2.45) is 0 Å². The molecule has 0 unspecified atom stereocenters. The number of aromatic amines is 1. The predicted octanol–water partition coefficient (Wildman–Crippen LogP) is 4.24. The van der Waals surface area contributed by atoms with E-state index in [1.165, 1.54) is 0 Å². The van der Waals surface area contributed by atoms with Crippen LogP contribution in [0.5, 0.6) is 0 Å². The number of carbonyl (C=O) groups is 1. The summed E-state index contributed by atoms with van der Waals surface area (Å²) in [5.74, 6) is -0.0578. The van der Waals surface area contributed by atoms with E-state index < -0.39 is 5.82 Å². The summed E-state index contributed by atoms with van der Waals surface area (Å²) < 4.78 is 15.1. The zero-order chi connectivity index (χ0) is 21.5. The minimum Gasteiger partial charge on any atom is -0.339 e. The highest BCUT2D eigenvalue weighted by atomic mass is 35.5. The van der Waals surface area contributed by atoms with Gasteiger partial charge in [0.2, 0.25) is 5.91 Å².